The van der Waals surface area contributed by atoms with Gasteiger partial charge in [-0.05, 0) is 24.3 Å². The monoisotopic (exact) mass is 341 g/mol. The maximum atomic E-state index is 12.3. The van der Waals surface area contributed by atoms with Crippen LogP contribution < -0.4 is 10.2 Å². The van der Waals surface area contributed by atoms with Crippen molar-refractivity contribution in [1.29, 1.82) is 0 Å². The molecule has 1 aliphatic rings. The van der Waals surface area contributed by atoms with Crippen LogP contribution in [-0.4, -0.2) is 47.4 Å². The molecule has 0 bridgehead atoms. The van der Waals surface area contributed by atoms with E-state index < -0.39 is 0 Å². The molecule has 0 spiro atoms. The van der Waals surface area contributed by atoms with Crippen molar-refractivity contribution in [3.8, 4) is 0 Å². The van der Waals surface area contributed by atoms with Crippen molar-refractivity contribution in [2.75, 3.05) is 36.5 Å². The van der Waals surface area contributed by atoms with Crippen molar-refractivity contribution in [3.63, 3.8) is 0 Å². The summed E-state index contributed by atoms with van der Waals surface area (Å²) >= 11 is 1.43. The summed E-state index contributed by atoms with van der Waals surface area (Å²) in [6, 6.07) is 11.2. The van der Waals surface area contributed by atoms with Gasteiger partial charge in [-0.1, -0.05) is 23.5 Å². The summed E-state index contributed by atoms with van der Waals surface area (Å²) in [5.74, 6) is 0.449. The third-order valence-electron chi connectivity index (χ3n) is 3.73. The Bertz CT molecular complexity index is 825. The number of ether oxygens (including phenoxy) is 1. The summed E-state index contributed by atoms with van der Waals surface area (Å²) in [6.45, 7) is 2.93. The fourth-order valence-electron chi connectivity index (χ4n) is 2.49. The molecule has 1 amide bonds. The van der Waals surface area contributed by atoms with E-state index in [-0.39, 0.29) is 11.6 Å². The van der Waals surface area contributed by atoms with E-state index in [4.69, 9.17) is 4.74 Å². The summed E-state index contributed by atoms with van der Waals surface area (Å²) in [5, 5.41) is 11.5. The zero-order valence-corrected chi connectivity index (χ0v) is 13.6. The first kappa shape index (κ1) is 15.0. The van der Waals surface area contributed by atoms with Gasteiger partial charge in [0.05, 0.1) is 23.4 Å². The molecular weight excluding hydrogens is 326 g/mol. The molecule has 1 aliphatic heterocycles. The van der Waals surface area contributed by atoms with Crippen molar-refractivity contribution in [1.82, 2.24) is 15.2 Å². The number of carbonyl (C=O) groups is 1. The molecule has 0 aliphatic carbocycles. The molecule has 0 atom stereocenters. The van der Waals surface area contributed by atoms with Gasteiger partial charge in [0.15, 0.2) is 16.6 Å². The lowest BCUT2D eigenvalue weighted by Crippen LogP contribution is -2.37. The second-order valence-electron chi connectivity index (χ2n) is 5.32. The minimum Gasteiger partial charge on any atom is -0.378 e. The predicted octanol–water partition coefficient (Wildman–Crippen LogP) is 2.18. The topological polar surface area (TPSA) is 80.2 Å². The number of amides is 1. The molecule has 2 aromatic heterocycles. The highest BCUT2D eigenvalue weighted by molar-refractivity contribution is 7.22. The second kappa shape index (κ2) is 6.50. The standard InChI is InChI=1S/C16H15N5O2S/c22-15(18-16-17-11-3-1-2-4-13(11)24-16)12-5-6-14(20-19-12)21-7-9-23-10-8-21/h1-6H,7-10H2,(H,17,18,22). The smallest absolute Gasteiger partial charge is 0.277 e. The van der Waals surface area contributed by atoms with Crippen LogP contribution in [0.5, 0.6) is 0 Å². The molecule has 24 heavy (non-hydrogen) atoms. The average molecular weight is 341 g/mol. The number of fused-ring (bicyclic) bond motifs is 1. The molecule has 1 fully saturated rings. The molecule has 0 radical (unpaired) electrons. The van der Waals surface area contributed by atoms with Crippen LogP contribution in [0.15, 0.2) is 36.4 Å². The number of hydrogen-bond donors (Lipinski definition) is 1. The number of morpholine rings is 1. The Morgan fingerprint density at radius 1 is 1.12 bits per heavy atom. The van der Waals surface area contributed by atoms with Crippen LogP contribution in [-0.2, 0) is 4.74 Å². The summed E-state index contributed by atoms with van der Waals surface area (Å²) in [4.78, 5) is 18.8. The Kier molecular flexibility index (Phi) is 4.06. The number of rotatable bonds is 3. The third kappa shape index (κ3) is 3.06. The number of thiazole rings is 1. The number of nitrogens with zero attached hydrogens (tertiary/aromatic N) is 4. The molecule has 8 heteroatoms. The Morgan fingerprint density at radius 3 is 2.71 bits per heavy atom. The van der Waals surface area contributed by atoms with Gasteiger partial charge >= 0.3 is 0 Å². The van der Waals surface area contributed by atoms with E-state index in [9.17, 15) is 4.79 Å². The van der Waals surface area contributed by atoms with E-state index in [1.54, 1.807) is 6.07 Å². The van der Waals surface area contributed by atoms with Crippen molar-refractivity contribution < 1.29 is 9.53 Å². The zero-order valence-electron chi connectivity index (χ0n) is 12.8. The molecule has 3 aromatic rings. The number of aromatic nitrogens is 3. The lowest BCUT2D eigenvalue weighted by Gasteiger charge is -2.27. The highest BCUT2D eigenvalue weighted by Gasteiger charge is 2.15. The fraction of sp³-hybridized carbons (Fsp3) is 0.250. The van der Waals surface area contributed by atoms with Gasteiger partial charge in [0.1, 0.15) is 0 Å². The third-order valence-corrected chi connectivity index (χ3v) is 4.68. The lowest BCUT2D eigenvalue weighted by atomic mass is 10.3. The van der Waals surface area contributed by atoms with Gasteiger partial charge in [0, 0.05) is 13.1 Å². The van der Waals surface area contributed by atoms with Gasteiger partial charge in [-0.3, -0.25) is 10.1 Å². The van der Waals surface area contributed by atoms with E-state index in [1.807, 2.05) is 30.3 Å². The van der Waals surface area contributed by atoms with Crippen LogP contribution in [0, 0.1) is 0 Å². The van der Waals surface area contributed by atoms with Crippen molar-refractivity contribution in [3.05, 3.63) is 42.1 Å². The molecule has 4 rings (SSSR count). The Labute approximate surface area is 142 Å². The maximum Gasteiger partial charge on any atom is 0.277 e. The highest BCUT2D eigenvalue weighted by atomic mass is 32.1. The largest absolute Gasteiger partial charge is 0.378 e. The van der Waals surface area contributed by atoms with Crippen molar-refractivity contribution in [2.45, 2.75) is 0 Å². The van der Waals surface area contributed by atoms with Crippen LogP contribution >= 0.6 is 11.3 Å². The van der Waals surface area contributed by atoms with Gasteiger partial charge in [0.2, 0.25) is 0 Å². The van der Waals surface area contributed by atoms with Gasteiger partial charge in [-0.25, -0.2) is 4.98 Å². The minimum absolute atomic E-state index is 0.270. The number of anilines is 2. The van der Waals surface area contributed by atoms with E-state index >= 15 is 0 Å². The molecule has 1 N–H and O–H groups in total. The number of hydrogen-bond acceptors (Lipinski definition) is 7. The first-order chi connectivity index (χ1) is 11.8. The average Bonchev–Trinajstić information content (AvgIpc) is 3.05. The molecule has 0 unspecified atom stereocenters. The SMILES string of the molecule is O=C(Nc1nc2ccccc2s1)c1ccc(N2CCOCC2)nn1. The van der Waals surface area contributed by atoms with Gasteiger partial charge in [-0.2, -0.15) is 0 Å². The first-order valence-electron chi connectivity index (χ1n) is 7.63. The highest BCUT2D eigenvalue weighted by Crippen LogP contribution is 2.25. The van der Waals surface area contributed by atoms with Crippen LogP contribution in [0.4, 0.5) is 10.9 Å². The van der Waals surface area contributed by atoms with E-state index in [2.05, 4.69) is 25.4 Å². The molecule has 1 aromatic carbocycles. The van der Waals surface area contributed by atoms with Crippen LogP contribution in [0.3, 0.4) is 0 Å². The van der Waals surface area contributed by atoms with Gasteiger partial charge < -0.3 is 9.64 Å². The van der Waals surface area contributed by atoms with Crippen LogP contribution in [0.1, 0.15) is 10.5 Å². The zero-order chi connectivity index (χ0) is 16.4. The van der Waals surface area contributed by atoms with Crippen molar-refractivity contribution >= 4 is 38.4 Å². The number of carbonyl (C=O) groups excluding carboxylic acids is 1. The normalized spacial score (nSPS) is 14.8. The first-order valence-corrected chi connectivity index (χ1v) is 8.44. The molecule has 122 valence electrons. The molecule has 1 saturated heterocycles. The van der Waals surface area contributed by atoms with Gasteiger partial charge in [0.25, 0.3) is 5.91 Å². The Hall–Kier alpha value is -2.58. The Morgan fingerprint density at radius 2 is 1.96 bits per heavy atom. The molecule has 7 nitrogen and oxygen atoms in total. The van der Waals surface area contributed by atoms with Crippen LogP contribution in [0.25, 0.3) is 10.2 Å². The van der Waals surface area contributed by atoms with Gasteiger partial charge in [-0.15, -0.1) is 10.2 Å². The number of nitrogens with one attached hydrogen (secondary N) is 1. The van der Waals surface area contributed by atoms with E-state index in [0.29, 0.717) is 18.3 Å². The van der Waals surface area contributed by atoms with E-state index in [1.165, 1.54) is 11.3 Å². The van der Waals surface area contributed by atoms with Crippen molar-refractivity contribution in [2.24, 2.45) is 0 Å². The Balaban J connectivity index is 1.47. The summed E-state index contributed by atoms with van der Waals surface area (Å²) < 4.78 is 6.34. The van der Waals surface area contributed by atoms with Crippen LogP contribution in [0.2, 0.25) is 0 Å². The quantitative estimate of drug-likeness (QED) is 0.786. The molecule has 3 heterocycles. The minimum atomic E-state index is -0.310. The maximum absolute atomic E-state index is 12.3. The van der Waals surface area contributed by atoms with E-state index in [0.717, 1.165) is 29.1 Å². The molecular formula is C16H15N5O2S. The lowest BCUT2D eigenvalue weighted by molar-refractivity contribution is 0.102. The molecule has 0 saturated carbocycles. The second-order valence-corrected chi connectivity index (χ2v) is 6.35. The summed E-state index contributed by atoms with van der Waals surface area (Å²) in [7, 11) is 0. The fourth-order valence-corrected chi connectivity index (χ4v) is 3.36. The summed E-state index contributed by atoms with van der Waals surface area (Å²) in [5.41, 5.74) is 1.14. The summed E-state index contributed by atoms with van der Waals surface area (Å²) in [6.07, 6.45) is 0. The predicted molar refractivity (Wildman–Crippen MR) is 92.6 cm³/mol. The number of para-hydroxylation sites is 1. The number of benzene rings is 1.